The average Bonchev–Trinajstić information content (AvgIpc) is 3.36. The maximum absolute atomic E-state index is 11.8. The van der Waals surface area contributed by atoms with Crippen molar-refractivity contribution >= 4 is 5.91 Å². The Morgan fingerprint density at radius 3 is 2.92 bits per heavy atom. The lowest BCUT2D eigenvalue weighted by atomic mass is 10.1. The van der Waals surface area contributed by atoms with Crippen LogP contribution >= 0.6 is 0 Å². The van der Waals surface area contributed by atoms with Crippen LogP contribution in [0.4, 0.5) is 0 Å². The third-order valence-electron chi connectivity index (χ3n) is 4.39. The molecule has 134 valence electrons. The highest BCUT2D eigenvalue weighted by molar-refractivity contribution is 5.79. The molecule has 1 aromatic carbocycles. The fourth-order valence-electron chi connectivity index (χ4n) is 3.05. The van der Waals surface area contributed by atoms with Gasteiger partial charge in [0.15, 0.2) is 5.82 Å². The predicted molar refractivity (Wildman–Crippen MR) is 91.2 cm³/mol. The second-order valence-electron chi connectivity index (χ2n) is 6.13. The van der Waals surface area contributed by atoms with Crippen molar-refractivity contribution in [1.29, 1.82) is 0 Å². The molecule has 8 nitrogen and oxygen atoms in total. The van der Waals surface area contributed by atoms with Gasteiger partial charge < -0.3 is 18.7 Å². The van der Waals surface area contributed by atoms with Gasteiger partial charge in [-0.1, -0.05) is 22.4 Å². The SMILES string of the molecule is COc1cccc(-c2noc(C)c2-c2nc(CN3CCCC3=O)no2)c1. The van der Waals surface area contributed by atoms with E-state index in [0.717, 1.165) is 18.5 Å². The minimum absolute atomic E-state index is 0.120. The zero-order valence-electron chi connectivity index (χ0n) is 14.6. The Hall–Kier alpha value is -3.16. The Balaban J connectivity index is 1.66. The van der Waals surface area contributed by atoms with Crippen molar-refractivity contribution in [3.8, 4) is 28.5 Å². The minimum atomic E-state index is 0.120. The standard InChI is InChI=1S/C18H18N4O4/c1-11-16(17(21-25-11)12-5-3-6-13(9-12)24-2)18-19-14(20-26-18)10-22-8-4-7-15(22)23/h3,5-6,9H,4,7-8,10H2,1-2H3. The van der Waals surface area contributed by atoms with E-state index in [2.05, 4.69) is 15.3 Å². The van der Waals surface area contributed by atoms with E-state index in [1.54, 1.807) is 18.9 Å². The van der Waals surface area contributed by atoms with E-state index in [0.29, 0.717) is 47.4 Å². The first-order valence-electron chi connectivity index (χ1n) is 8.37. The summed E-state index contributed by atoms with van der Waals surface area (Å²) in [5.41, 5.74) is 2.07. The van der Waals surface area contributed by atoms with E-state index in [1.165, 1.54) is 0 Å². The average molecular weight is 354 g/mol. The second-order valence-corrected chi connectivity index (χ2v) is 6.13. The van der Waals surface area contributed by atoms with Gasteiger partial charge in [0.05, 0.1) is 13.7 Å². The molecule has 8 heteroatoms. The van der Waals surface area contributed by atoms with Gasteiger partial charge in [-0.2, -0.15) is 4.98 Å². The zero-order chi connectivity index (χ0) is 18.1. The monoisotopic (exact) mass is 354 g/mol. The smallest absolute Gasteiger partial charge is 0.263 e. The lowest BCUT2D eigenvalue weighted by Gasteiger charge is -2.11. The normalized spacial score (nSPS) is 14.2. The number of ether oxygens (including phenoxy) is 1. The molecule has 3 heterocycles. The molecule has 26 heavy (non-hydrogen) atoms. The van der Waals surface area contributed by atoms with Crippen LogP contribution < -0.4 is 4.74 Å². The van der Waals surface area contributed by atoms with Gasteiger partial charge >= 0.3 is 0 Å². The van der Waals surface area contributed by atoms with Crippen molar-refractivity contribution in [3.05, 3.63) is 35.9 Å². The van der Waals surface area contributed by atoms with Gasteiger partial charge in [0.1, 0.15) is 22.8 Å². The molecule has 0 atom stereocenters. The van der Waals surface area contributed by atoms with E-state index in [4.69, 9.17) is 13.8 Å². The molecule has 0 aliphatic carbocycles. The number of nitrogens with zero attached hydrogens (tertiary/aromatic N) is 4. The summed E-state index contributed by atoms with van der Waals surface area (Å²) >= 11 is 0. The van der Waals surface area contributed by atoms with Gasteiger partial charge in [0.2, 0.25) is 5.91 Å². The number of hydrogen-bond acceptors (Lipinski definition) is 7. The van der Waals surface area contributed by atoms with Crippen molar-refractivity contribution < 1.29 is 18.6 Å². The Morgan fingerprint density at radius 1 is 1.27 bits per heavy atom. The molecule has 2 aromatic heterocycles. The summed E-state index contributed by atoms with van der Waals surface area (Å²) in [5.74, 6) is 2.20. The van der Waals surface area contributed by atoms with Gasteiger partial charge in [-0.15, -0.1) is 0 Å². The Bertz CT molecular complexity index is 946. The van der Waals surface area contributed by atoms with Crippen LogP contribution in [0.3, 0.4) is 0 Å². The third-order valence-corrected chi connectivity index (χ3v) is 4.39. The molecule has 1 saturated heterocycles. The maximum atomic E-state index is 11.8. The van der Waals surface area contributed by atoms with Crippen LogP contribution in [0, 0.1) is 6.92 Å². The highest BCUT2D eigenvalue weighted by Gasteiger charge is 2.25. The molecule has 0 N–H and O–H groups in total. The van der Waals surface area contributed by atoms with E-state index >= 15 is 0 Å². The summed E-state index contributed by atoms with van der Waals surface area (Å²) in [6.07, 6.45) is 1.45. The van der Waals surface area contributed by atoms with E-state index in [1.807, 2.05) is 24.3 Å². The van der Waals surface area contributed by atoms with Crippen molar-refractivity contribution in [3.63, 3.8) is 0 Å². The molecular weight excluding hydrogens is 336 g/mol. The molecule has 0 bridgehead atoms. The van der Waals surface area contributed by atoms with Crippen molar-refractivity contribution in [2.24, 2.45) is 0 Å². The summed E-state index contributed by atoms with van der Waals surface area (Å²) in [4.78, 5) is 17.9. The Labute approximate surface area is 149 Å². The fraction of sp³-hybridized carbons (Fsp3) is 0.333. The molecular formula is C18H18N4O4. The largest absolute Gasteiger partial charge is 0.497 e. The van der Waals surface area contributed by atoms with Crippen molar-refractivity contribution in [2.45, 2.75) is 26.3 Å². The van der Waals surface area contributed by atoms with Gasteiger partial charge in [-0.3, -0.25) is 4.79 Å². The summed E-state index contributed by atoms with van der Waals surface area (Å²) in [6.45, 7) is 2.87. The van der Waals surface area contributed by atoms with Gasteiger partial charge in [0, 0.05) is 18.5 Å². The molecule has 0 spiro atoms. The van der Waals surface area contributed by atoms with Crippen molar-refractivity contribution in [2.75, 3.05) is 13.7 Å². The van der Waals surface area contributed by atoms with E-state index in [-0.39, 0.29) is 5.91 Å². The van der Waals surface area contributed by atoms with Gasteiger partial charge in [0.25, 0.3) is 5.89 Å². The molecule has 0 unspecified atom stereocenters. The highest BCUT2D eigenvalue weighted by atomic mass is 16.5. The first-order chi connectivity index (χ1) is 12.7. The Kier molecular flexibility index (Phi) is 4.16. The van der Waals surface area contributed by atoms with Crippen molar-refractivity contribution in [1.82, 2.24) is 20.2 Å². The topological polar surface area (TPSA) is 94.5 Å². The number of rotatable bonds is 5. The summed E-state index contributed by atoms with van der Waals surface area (Å²) in [5, 5.41) is 8.15. The van der Waals surface area contributed by atoms with Gasteiger partial charge in [-0.05, 0) is 25.5 Å². The molecule has 3 aromatic rings. The Morgan fingerprint density at radius 2 is 2.15 bits per heavy atom. The number of aryl methyl sites for hydroxylation is 1. The van der Waals surface area contributed by atoms with Crippen LogP contribution in [0.25, 0.3) is 22.7 Å². The number of methoxy groups -OCH3 is 1. The molecule has 0 radical (unpaired) electrons. The molecule has 1 aliphatic rings. The molecule has 1 amide bonds. The molecule has 1 fully saturated rings. The second kappa shape index (κ2) is 6.62. The summed E-state index contributed by atoms with van der Waals surface area (Å²) < 4.78 is 16.0. The summed E-state index contributed by atoms with van der Waals surface area (Å²) in [6, 6.07) is 7.50. The van der Waals surface area contributed by atoms with Crippen LogP contribution in [-0.4, -0.2) is 39.8 Å². The number of aromatic nitrogens is 3. The quantitative estimate of drug-likeness (QED) is 0.695. The van der Waals surface area contributed by atoms with Gasteiger partial charge in [-0.25, -0.2) is 0 Å². The molecule has 1 aliphatic heterocycles. The molecule has 0 saturated carbocycles. The number of benzene rings is 1. The van der Waals surface area contributed by atoms with Crippen LogP contribution in [0.1, 0.15) is 24.4 Å². The first kappa shape index (κ1) is 16.3. The first-order valence-corrected chi connectivity index (χ1v) is 8.37. The van der Waals surface area contributed by atoms with E-state index < -0.39 is 0 Å². The number of amides is 1. The highest BCUT2D eigenvalue weighted by Crippen LogP contribution is 2.34. The molecule has 4 rings (SSSR count). The fourth-order valence-corrected chi connectivity index (χ4v) is 3.05. The number of carbonyl (C=O) groups is 1. The van der Waals surface area contributed by atoms with Crippen LogP contribution in [-0.2, 0) is 11.3 Å². The number of carbonyl (C=O) groups excluding carboxylic acids is 1. The van der Waals surface area contributed by atoms with Crippen LogP contribution in [0.2, 0.25) is 0 Å². The lowest BCUT2D eigenvalue weighted by molar-refractivity contribution is -0.128. The van der Waals surface area contributed by atoms with E-state index in [9.17, 15) is 4.79 Å². The van der Waals surface area contributed by atoms with Crippen LogP contribution in [0.15, 0.2) is 33.3 Å². The predicted octanol–water partition coefficient (Wildman–Crippen LogP) is 2.83. The van der Waals surface area contributed by atoms with Crippen LogP contribution in [0.5, 0.6) is 5.75 Å². The lowest BCUT2D eigenvalue weighted by Crippen LogP contribution is -2.24. The summed E-state index contributed by atoms with van der Waals surface area (Å²) in [7, 11) is 1.61. The zero-order valence-corrected chi connectivity index (χ0v) is 14.6. The minimum Gasteiger partial charge on any atom is -0.497 e. The number of hydrogen-bond donors (Lipinski definition) is 0. The number of likely N-dealkylation sites (tertiary alicyclic amines) is 1. The maximum Gasteiger partial charge on any atom is 0.263 e. The third kappa shape index (κ3) is 2.94.